The highest BCUT2D eigenvalue weighted by Crippen LogP contribution is 2.53. The fourth-order valence-corrected chi connectivity index (χ4v) is 5.17. The zero-order valence-corrected chi connectivity index (χ0v) is 17.1. The maximum atomic E-state index is 15.1. The van der Waals surface area contributed by atoms with Gasteiger partial charge in [0.15, 0.2) is 5.82 Å². The predicted octanol–water partition coefficient (Wildman–Crippen LogP) is 3.78. The molecule has 4 atom stereocenters. The van der Waals surface area contributed by atoms with E-state index in [-0.39, 0.29) is 23.1 Å². The van der Waals surface area contributed by atoms with Gasteiger partial charge >= 0.3 is 0 Å². The van der Waals surface area contributed by atoms with Crippen LogP contribution in [0.3, 0.4) is 0 Å². The molecular weight excluding hydrogens is 383 g/mol. The van der Waals surface area contributed by atoms with Gasteiger partial charge in [0, 0.05) is 18.7 Å². The highest BCUT2D eigenvalue weighted by molar-refractivity contribution is 5.69. The lowest BCUT2D eigenvalue weighted by Crippen LogP contribution is -2.48. The molecule has 2 aromatic heterocycles. The Balaban J connectivity index is 1.37. The van der Waals surface area contributed by atoms with Crippen LogP contribution in [0.15, 0.2) is 43.0 Å². The normalized spacial score (nSPS) is 27.9. The smallest absolute Gasteiger partial charge is 0.151 e. The van der Waals surface area contributed by atoms with Crippen molar-refractivity contribution in [3.05, 3.63) is 43.0 Å². The second-order valence-corrected chi connectivity index (χ2v) is 8.99. The average molecular weight is 408 g/mol. The lowest BCUT2D eigenvalue weighted by molar-refractivity contribution is 0.105. The van der Waals surface area contributed by atoms with E-state index in [9.17, 15) is 5.11 Å². The molecule has 156 valence electrons. The summed E-state index contributed by atoms with van der Waals surface area (Å²) in [5, 5.41) is 26.7. The van der Waals surface area contributed by atoms with E-state index in [0.717, 1.165) is 31.4 Å². The highest BCUT2D eigenvalue weighted by atomic mass is 19.1. The summed E-state index contributed by atoms with van der Waals surface area (Å²) >= 11 is 0. The Morgan fingerprint density at radius 2 is 1.93 bits per heavy atom. The summed E-state index contributed by atoms with van der Waals surface area (Å²) in [7, 11) is 1.90. The van der Waals surface area contributed by atoms with E-state index in [1.54, 1.807) is 29.4 Å². The summed E-state index contributed by atoms with van der Waals surface area (Å²) in [5.74, 6) is 0.902. The average Bonchev–Trinajstić information content (AvgIpc) is 3.39. The number of aromatic hydroxyl groups is 1. The van der Waals surface area contributed by atoms with E-state index in [1.165, 1.54) is 0 Å². The molecule has 7 nitrogen and oxygen atoms in total. The Bertz CT molecular complexity index is 1040. The minimum Gasteiger partial charge on any atom is -0.507 e. The number of fused-ring (bicyclic) bond motifs is 2. The molecule has 0 aliphatic heterocycles. The Morgan fingerprint density at radius 1 is 1.13 bits per heavy atom. The van der Waals surface area contributed by atoms with Gasteiger partial charge in [-0.2, -0.15) is 0 Å². The zero-order chi connectivity index (χ0) is 20.9. The number of alkyl halides is 1. The van der Waals surface area contributed by atoms with Crippen LogP contribution in [0.2, 0.25) is 0 Å². The molecule has 0 spiro atoms. The molecule has 3 aromatic rings. The van der Waals surface area contributed by atoms with Crippen LogP contribution in [0.25, 0.3) is 16.9 Å². The first-order valence-corrected chi connectivity index (χ1v) is 10.3. The molecule has 0 radical (unpaired) electrons. The monoisotopic (exact) mass is 408 g/mol. The summed E-state index contributed by atoms with van der Waals surface area (Å²) in [6.07, 6.45) is 6.23. The van der Waals surface area contributed by atoms with Crippen molar-refractivity contribution < 1.29 is 9.50 Å². The lowest BCUT2D eigenvalue weighted by atomic mass is 9.73. The van der Waals surface area contributed by atoms with Crippen LogP contribution in [0.4, 0.5) is 10.2 Å². The molecule has 1 N–H and O–H groups in total. The van der Waals surface area contributed by atoms with Gasteiger partial charge in [0.25, 0.3) is 0 Å². The number of rotatable bonds is 4. The van der Waals surface area contributed by atoms with Crippen molar-refractivity contribution in [2.45, 2.75) is 44.8 Å². The molecule has 0 saturated heterocycles. The van der Waals surface area contributed by atoms with E-state index >= 15 is 4.39 Å². The summed E-state index contributed by atoms with van der Waals surface area (Å²) in [6, 6.07) is 8.77. The van der Waals surface area contributed by atoms with Gasteiger partial charge in [0.2, 0.25) is 0 Å². The van der Waals surface area contributed by atoms with Crippen LogP contribution in [0.1, 0.15) is 32.6 Å². The van der Waals surface area contributed by atoms with Crippen LogP contribution in [-0.4, -0.2) is 49.3 Å². The Labute approximate surface area is 174 Å². The summed E-state index contributed by atoms with van der Waals surface area (Å²) < 4.78 is 16.8. The molecular formula is C22H25FN6O. The van der Waals surface area contributed by atoms with Crippen molar-refractivity contribution in [2.24, 2.45) is 11.3 Å². The fraction of sp³-hybridized carbons (Fsp3) is 0.455. The van der Waals surface area contributed by atoms with Crippen molar-refractivity contribution in [1.29, 1.82) is 0 Å². The molecule has 0 unspecified atom stereocenters. The van der Waals surface area contributed by atoms with Crippen LogP contribution in [-0.2, 0) is 0 Å². The van der Waals surface area contributed by atoms with Gasteiger partial charge in [-0.15, -0.1) is 20.4 Å². The number of nitrogens with zero attached hydrogens (tertiary/aromatic N) is 6. The molecule has 8 heteroatoms. The minimum atomic E-state index is -0.832. The molecule has 2 fully saturated rings. The Morgan fingerprint density at radius 3 is 2.63 bits per heavy atom. The first-order valence-electron chi connectivity index (χ1n) is 10.3. The first-order chi connectivity index (χ1) is 14.4. The van der Waals surface area contributed by atoms with Crippen LogP contribution in [0, 0.1) is 11.3 Å². The number of halogens is 1. The second kappa shape index (κ2) is 7.04. The number of phenols is 1. The van der Waals surface area contributed by atoms with Crippen molar-refractivity contribution in [1.82, 2.24) is 25.0 Å². The van der Waals surface area contributed by atoms with E-state index < -0.39 is 6.17 Å². The van der Waals surface area contributed by atoms with Crippen molar-refractivity contribution >= 4 is 5.82 Å². The molecule has 2 aliphatic carbocycles. The zero-order valence-electron chi connectivity index (χ0n) is 17.1. The number of hydrogen-bond donors (Lipinski definition) is 1. The van der Waals surface area contributed by atoms with E-state index in [0.29, 0.717) is 17.1 Å². The largest absolute Gasteiger partial charge is 0.507 e. The number of benzene rings is 1. The van der Waals surface area contributed by atoms with Crippen molar-refractivity contribution in [2.75, 3.05) is 11.9 Å². The van der Waals surface area contributed by atoms with Gasteiger partial charge in [-0.1, -0.05) is 6.92 Å². The fourth-order valence-electron chi connectivity index (χ4n) is 5.17. The lowest BCUT2D eigenvalue weighted by Gasteiger charge is -2.42. The van der Waals surface area contributed by atoms with E-state index in [1.807, 2.05) is 30.1 Å². The van der Waals surface area contributed by atoms with Crippen LogP contribution >= 0.6 is 0 Å². The van der Waals surface area contributed by atoms with Gasteiger partial charge in [0.1, 0.15) is 24.6 Å². The van der Waals surface area contributed by atoms with Gasteiger partial charge < -0.3 is 10.0 Å². The SMILES string of the molecule is CN(c1ccc(-c2ccc(-n3cnnc3)cc2O)nn1)[C@H]1C[C@]2(C)CC[C@@H](C2)[C@H]1F. The quantitative estimate of drug-likeness (QED) is 0.708. The number of anilines is 1. The van der Waals surface area contributed by atoms with Crippen LogP contribution in [0.5, 0.6) is 5.75 Å². The Kier molecular flexibility index (Phi) is 4.45. The molecule has 2 aliphatic rings. The summed E-state index contributed by atoms with van der Waals surface area (Å²) in [5.41, 5.74) is 2.13. The van der Waals surface area contributed by atoms with Crippen molar-refractivity contribution in [3.8, 4) is 22.7 Å². The van der Waals surface area contributed by atoms with Crippen LogP contribution < -0.4 is 4.90 Å². The summed E-state index contributed by atoms with van der Waals surface area (Å²) in [4.78, 5) is 1.94. The number of hydrogen-bond acceptors (Lipinski definition) is 6. The molecule has 0 amide bonds. The molecule has 2 bridgehead atoms. The molecule has 2 saturated carbocycles. The predicted molar refractivity (Wildman–Crippen MR) is 111 cm³/mol. The third-order valence-electron chi connectivity index (χ3n) is 6.88. The molecule has 1 aromatic carbocycles. The maximum Gasteiger partial charge on any atom is 0.151 e. The first kappa shape index (κ1) is 19.0. The van der Waals surface area contributed by atoms with Gasteiger partial charge in [-0.3, -0.25) is 4.57 Å². The highest BCUT2D eigenvalue weighted by Gasteiger charge is 2.49. The maximum absolute atomic E-state index is 15.1. The second-order valence-electron chi connectivity index (χ2n) is 8.99. The number of phenolic OH excluding ortho intramolecular Hbond substituents is 1. The molecule has 2 heterocycles. The van der Waals surface area contributed by atoms with Crippen molar-refractivity contribution in [3.63, 3.8) is 0 Å². The third-order valence-corrected chi connectivity index (χ3v) is 6.88. The van der Waals surface area contributed by atoms with E-state index in [4.69, 9.17) is 0 Å². The topological polar surface area (TPSA) is 80.0 Å². The molecule has 5 rings (SSSR count). The Hall–Kier alpha value is -3.03. The third kappa shape index (κ3) is 3.20. The van der Waals surface area contributed by atoms with Gasteiger partial charge in [0.05, 0.1) is 17.4 Å². The number of aromatic nitrogens is 5. The summed E-state index contributed by atoms with van der Waals surface area (Å²) in [6.45, 7) is 2.28. The van der Waals surface area contributed by atoms with E-state index in [2.05, 4.69) is 27.3 Å². The van der Waals surface area contributed by atoms with Gasteiger partial charge in [-0.05, 0) is 61.3 Å². The minimum absolute atomic E-state index is 0.0946. The molecule has 30 heavy (non-hydrogen) atoms. The van der Waals surface area contributed by atoms with Gasteiger partial charge in [-0.25, -0.2) is 4.39 Å². The standard InChI is InChI=1S/C22H25FN6O/c1-22-8-7-14(10-22)21(23)18(11-22)28(2)20-6-5-17(26-27-20)16-4-3-15(9-19(16)30)29-12-24-25-13-29/h3-6,9,12-14,18,21,30H,7-8,10-11H2,1-2H3/t14-,18-,21+,22+/m0/s1.